The fourth-order valence-corrected chi connectivity index (χ4v) is 2.57. The van der Waals surface area contributed by atoms with E-state index < -0.39 is 5.60 Å². The predicted molar refractivity (Wildman–Crippen MR) is 76.6 cm³/mol. The van der Waals surface area contributed by atoms with E-state index in [2.05, 4.69) is 5.32 Å². The van der Waals surface area contributed by atoms with Crippen molar-refractivity contribution in [3.05, 3.63) is 35.6 Å². The van der Waals surface area contributed by atoms with Crippen molar-refractivity contribution >= 4 is 11.8 Å². The lowest BCUT2D eigenvalue weighted by Crippen LogP contribution is -2.43. The second-order valence-corrected chi connectivity index (χ2v) is 5.91. The molecule has 0 amide bonds. The van der Waals surface area contributed by atoms with Crippen molar-refractivity contribution in [1.29, 1.82) is 0 Å². The molecule has 2 N–H and O–H groups in total. The minimum absolute atomic E-state index is 0.200. The first kappa shape index (κ1) is 15.5. The molecular weight excluding hydrogens is 249 g/mol. The normalized spacial score (nSPS) is 16.3. The van der Waals surface area contributed by atoms with Crippen LogP contribution in [-0.2, 0) is 6.42 Å². The summed E-state index contributed by atoms with van der Waals surface area (Å²) in [5, 5.41) is 13.3. The van der Waals surface area contributed by atoms with Gasteiger partial charge in [-0.3, -0.25) is 0 Å². The molecule has 2 nitrogen and oxygen atoms in total. The van der Waals surface area contributed by atoms with Crippen LogP contribution in [0.15, 0.2) is 24.3 Å². The van der Waals surface area contributed by atoms with E-state index in [1.54, 1.807) is 23.9 Å². The largest absolute Gasteiger partial charge is 0.388 e. The molecule has 0 bridgehead atoms. The Kier molecular flexibility index (Phi) is 6.12. The van der Waals surface area contributed by atoms with Crippen LogP contribution in [0.1, 0.15) is 19.4 Å². The smallest absolute Gasteiger partial charge is 0.123 e. The first-order valence-corrected chi connectivity index (χ1v) is 7.51. The quantitative estimate of drug-likeness (QED) is 0.799. The maximum Gasteiger partial charge on any atom is 0.123 e. The highest BCUT2D eigenvalue weighted by Gasteiger charge is 2.20. The Bertz CT molecular complexity index is 371. The molecule has 2 atom stereocenters. The molecule has 0 spiro atoms. The Hall–Kier alpha value is -0.580. The molecule has 4 heteroatoms. The van der Waals surface area contributed by atoms with E-state index in [-0.39, 0.29) is 11.9 Å². The maximum absolute atomic E-state index is 13.0. The fourth-order valence-electron chi connectivity index (χ4n) is 1.85. The summed E-state index contributed by atoms with van der Waals surface area (Å²) in [4.78, 5) is 0. The number of nitrogens with one attached hydrogen (secondary N) is 1. The Morgan fingerprint density at radius 2 is 2.22 bits per heavy atom. The van der Waals surface area contributed by atoms with Gasteiger partial charge >= 0.3 is 0 Å². The molecule has 0 aromatic heterocycles. The van der Waals surface area contributed by atoms with Gasteiger partial charge in [-0.15, -0.1) is 0 Å². The van der Waals surface area contributed by atoms with Gasteiger partial charge in [-0.05, 0) is 44.2 Å². The zero-order valence-corrected chi connectivity index (χ0v) is 12.1. The SMILES string of the molecule is CSCC(C)(O)CNC(C)Cc1cccc(F)c1. The summed E-state index contributed by atoms with van der Waals surface area (Å²) in [5.74, 6) is 0.501. The number of hydrogen-bond donors (Lipinski definition) is 2. The first-order valence-electron chi connectivity index (χ1n) is 6.12. The molecule has 0 heterocycles. The monoisotopic (exact) mass is 271 g/mol. The molecule has 1 aromatic rings. The van der Waals surface area contributed by atoms with Gasteiger partial charge in [0.2, 0.25) is 0 Å². The third kappa shape index (κ3) is 5.85. The van der Waals surface area contributed by atoms with Gasteiger partial charge in [-0.2, -0.15) is 11.8 Å². The van der Waals surface area contributed by atoms with Crippen molar-refractivity contribution in [2.75, 3.05) is 18.6 Å². The molecule has 102 valence electrons. The average Bonchev–Trinajstić information content (AvgIpc) is 2.26. The van der Waals surface area contributed by atoms with Crippen LogP contribution in [0.5, 0.6) is 0 Å². The summed E-state index contributed by atoms with van der Waals surface area (Å²) in [6.45, 7) is 4.41. The molecular formula is C14H22FNOS. The van der Waals surface area contributed by atoms with Crippen molar-refractivity contribution in [2.24, 2.45) is 0 Å². The molecule has 0 fully saturated rings. The minimum atomic E-state index is -0.699. The van der Waals surface area contributed by atoms with Crippen LogP contribution in [0.2, 0.25) is 0 Å². The third-order valence-corrected chi connectivity index (χ3v) is 3.63. The number of thioether (sulfide) groups is 1. The zero-order valence-electron chi connectivity index (χ0n) is 11.2. The Balaban J connectivity index is 2.40. The molecule has 0 aliphatic rings. The van der Waals surface area contributed by atoms with Crippen LogP contribution in [0.25, 0.3) is 0 Å². The van der Waals surface area contributed by atoms with Crippen LogP contribution in [0, 0.1) is 5.82 Å². The van der Waals surface area contributed by atoms with E-state index in [0.717, 1.165) is 12.0 Å². The predicted octanol–water partition coefficient (Wildman–Crippen LogP) is 2.46. The molecule has 1 aromatic carbocycles. The summed E-state index contributed by atoms with van der Waals surface area (Å²) in [7, 11) is 0. The summed E-state index contributed by atoms with van der Waals surface area (Å²) in [6.07, 6.45) is 2.73. The molecule has 1 rings (SSSR count). The van der Waals surface area contributed by atoms with Gasteiger partial charge < -0.3 is 10.4 Å². The van der Waals surface area contributed by atoms with Gasteiger partial charge in [-0.25, -0.2) is 4.39 Å². The maximum atomic E-state index is 13.0. The van der Waals surface area contributed by atoms with Crippen molar-refractivity contribution in [1.82, 2.24) is 5.32 Å². The van der Waals surface area contributed by atoms with E-state index in [4.69, 9.17) is 0 Å². The summed E-state index contributed by atoms with van der Waals surface area (Å²) in [6, 6.07) is 6.85. The highest BCUT2D eigenvalue weighted by Crippen LogP contribution is 2.11. The second-order valence-electron chi connectivity index (χ2n) is 5.05. The van der Waals surface area contributed by atoms with Crippen LogP contribution < -0.4 is 5.32 Å². The van der Waals surface area contributed by atoms with E-state index >= 15 is 0 Å². The molecule has 0 radical (unpaired) electrons. The van der Waals surface area contributed by atoms with Gasteiger partial charge in [0.15, 0.2) is 0 Å². The minimum Gasteiger partial charge on any atom is -0.388 e. The molecule has 18 heavy (non-hydrogen) atoms. The lowest BCUT2D eigenvalue weighted by atomic mass is 10.1. The lowest BCUT2D eigenvalue weighted by Gasteiger charge is -2.25. The van der Waals surface area contributed by atoms with E-state index in [1.165, 1.54) is 6.07 Å². The van der Waals surface area contributed by atoms with Crippen molar-refractivity contribution in [3.63, 3.8) is 0 Å². The number of hydrogen-bond acceptors (Lipinski definition) is 3. The molecule has 0 saturated carbocycles. The van der Waals surface area contributed by atoms with Crippen molar-refractivity contribution in [3.8, 4) is 0 Å². The van der Waals surface area contributed by atoms with Gasteiger partial charge in [0.1, 0.15) is 5.82 Å². The number of halogens is 1. The van der Waals surface area contributed by atoms with Gasteiger partial charge in [-0.1, -0.05) is 12.1 Å². The summed E-state index contributed by atoms with van der Waals surface area (Å²) < 4.78 is 13.0. The van der Waals surface area contributed by atoms with E-state index in [9.17, 15) is 9.50 Å². The average molecular weight is 271 g/mol. The Labute approximate surface area is 113 Å². The second kappa shape index (κ2) is 7.12. The molecule has 2 unspecified atom stereocenters. The van der Waals surface area contributed by atoms with Crippen molar-refractivity contribution < 1.29 is 9.50 Å². The first-order chi connectivity index (χ1) is 8.43. The lowest BCUT2D eigenvalue weighted by molar-refractivity contribution is 0.0820. The van der Waals surface area contributed by atoms with E-state index in [1.807, 2.05) is 26.2 Å². The molecule has 0 aliphatic carbocycles. The Morgan fingerprint density at radius 3 is 2.83 bits per heavy atom. The standard InChI is InChI=1S/C14H22FNOS/c1-11(16-9-14(2,17)10-18-3)7-12-5-4-6-13(15)8-12/h4-6,8,11,16-17H,7,9-10H2,1-3H3. The highest BCUT2D eigenvalue weighted by molar-refractivity contribution is 7.98. The number of benzene rings is 1. The van der Waals surface area contributed by atoms with Crippen LogP contribution >= 0.6 is 11.8 Å². The number of rotatable bonds is 7. The topological polar surface area (TPSA) is 32.3 Å². The van der Waals surface area contributed by atoms with Crippen LogP contribution in [0.4, 0.5) is 4.39 Å². The highest BCUT2D eigenvalue weighted by atomic mass is 32.2. The van der Waals surface area contributed by atoms with Crippen LogP contribution in [-0.4, -0.2) is 35.3 Å². The fraction of sp³-hybridized carbons (Fsp3) is 0.571. The third-order valence-electron chi connectivity index (χ3n) is 2.72. The van der Waals surface area contributed by atoms with Crippen molar-refractivity contribution in [2.45, 2.75) is 31.9 Å². The van der Waals surface area contributed by atoms with Gasteiger partial charge in [0.05, 0.1) is 5.60 Å². The molecule has 0 saturated heterocycles. The number of aliphatic hydroxyl groups is 1. The zero-order chi connectivity index (χ0) is 13.6. The van der Waals surface area contributed by atoms with Gasteiger partial charge in [0, 0.05) is 18.3 Å². The summed E-state index contributed by atoms with van der Waals surface area (Å²) in [5.41, 5.74) is 0.273. The van der Waals surface area contributed by atoms with Crippen LogP contribution in [0.3, 0.4) is 0 Å². The summed E-state index contributed by atoms with van der Waals surface area (Å²) >= 11 is 1.63. The van der Waals surface area contributed by atoms with E-state index in [0.29, 0.717) is 12.3 Å². The van der Waals surface area contributed by atoms with Gasteiger partial charge in [0.25, 0.3) is 0 Å². The molecule has 0 aliphatic heterocycles. The Morgan fingerprint density at radius 1 is 1.50 bits per heavy atom.